The Morgan fingerprint density at radius 2 is 1.95 bits per heavy atom. The molecule has 2 aromatic rings. The number of rotatable bonds is 4. The lowest BCUT2D eigenvalue weighted by molar-refractivity contribution is 0.587. The molecule has 0 aliphatic carbocycles. The SMILES string of the molecule is Nc1ccc(Cl)cc1S(=O)(=O)CCn1ccccc1=O. The zero-order valence-electron chi connectivity index (χ0n) is 10.5. The third kappa shape index (κ3) is 3.20. The fourth-order valence-electron chi connectivity index (χ4n) is 1.75. The fraction of sp³-hybridized carbons (Fsp3) is 0.154. The molecule has 2 rings (SSSR count). The van der Waals surface area contributed by atoms with Crippen molar-refractivity contribution in [1.29, 1.82) is 0 Å². The van der Waals surface area contributed by atoms with E-state index in [0.29, 0.717) is 5.02 Å². The van der Waals surface area contributed by atoms with Crippen LogP contribution in [-0.2, 0) is 16.4 Å². The zero-order chi connectivity index (χ0) is 14.8. The van der Waals surface area contributed by atoms with Crippen LogP contribution in [-0.4, -0.2) is 18.7 Å². The van der Waals surface area contributed by atoms with Gasteiger partial charge < -0.3 is 10.3 Å². The highest BCUT2D eigenvalue weighted by atomic mass is 35.5. The standard InChI is InChI=1S/C13H13ClN2O3S/c14-10-4-5-11(15)12(9-10)20(18,19)8-7-16-6-2-1-3-13(16)17/h1-6,9H,7-8,15H2. The highest BCUT2D eigenvalue weighted by molar-refractivity contribution is 7.91. The Kier molecular flexibility index (Phi) is 4.15. The third-order valence-electron chi connectivity index (χ3n) is 2.81. The number of hydrogen-bond acceptors (Lipinski definition) is 4. The summed E-state index contributed by atoms with van der Waals surface area (Å²) in [6, 6.07) is 8.94. The second-order valence-corrected chi connectivity index (χ2v) is 6.75. The van der Waals surface area contributed by atoms with E-state index in [0.717, 1.165) is 0 Å². The number of anilines is 1. The van der Waals surface area contributed by atoms with Crippen LogP contribution in [0.15, 0.2) is 52.3 Å². The molecule has 1 aromatic carbocycles. The Balaban J connectivity index is 2.26. The van der Waals surface area contributed by atoms with E-state index in [2.05, 4.69) is 0 Å². The van der Waals surface area contributed by atoms with Gasteiger partial charge in [0.2, 0.25) is 0 Å². The number of aromatic nitrogens is 1. The molecule has 0 aliphatic rings. The van der Waals surface area contributed by atoms with Crippen molar-refractivity contribution >= 4 is 27.1 Å². The maximum atomic E-state index is 12.2. The van der Waals surface area contributed by atoms with E-state index in [1.54, 1.807) is 18.3 Å². The van der Waals surface area contributed by atoms with Gasteiger partial charge in [-0.05, 0) is 24.3 Å². The molecular formula is C13H13ClN2O3S. The molecule has 106 valence electrons. The van der Waals surface area contributed by atoms with Crippen molar-refractivity contribution in [2.75, 3.05) is 11.5 Å². The number of hydrogen-bond donors (Lipinski definition) is 1. The number of pyridine rings is 1. The van der Waals surface area contributed by atoms with Gasteiger partial charge in [-0.3, -0.25) is 4.79 Å². The van der Waals surface area contributed by atoms with Crippen LogP contribution >= 0.6 is 11.6 Å². The number of nitrogen functional groups attached to an aromatic ring is 1. The van der Waals surface area contributed by atoms with Crippen molar-refractivity contribution in [2.45, 2.75) is 11.4 Å². The molecule has 1 aromatic heterocycles. The minimum absolute atomic E-state index is 0.00557. The van der Waals surface area contributed by atoms with E-state index in [1.807, 2.05) is 0 Å². The maximum absolute atomic E-state index is 12.2. The topological polar surface area (TPSA) is 82.2 Å². The Morgan fingerprint density at radius 3 is 2.65 bits per heavy atom. The summed E-state index contributed by atoms with van der Waals surface area (Å²) in [6.07, 6.45) is 1.54. The highest BCUT2D eigenvalue weighted by Gasteiger charge is 2.18. The average molecular weight is 313 g/mol. The van der Waals surface area contributed by atoms with Gasteiger partial charge in [0, 0.05) is 23.8 Å². The molecule has 5 nitrogen and oxygen atoms in total. The van der Waals surface area contributed by atoms with Crippen molar-refractivity contribution in [3.63, 3.8) is 0 Å². The monoisotopic (exact) mass is 312 g/mol. The molecule has 0 amide bonds. The molecule has 1 heterocycles. The van der Waals surface area contributed by atoms with E-state index in [9.17, 15) is 13.2 Å². The summed E-state index contributed by atoms with van der Waals surface area (Å²) in [4.78, 5) is 11.5. The van der Waals surface area contributed by atoms with E-state index in [4.69, 9.17) is 17.3 Å². The molecule has 0 unspecified atom stereocenters. The number of nitrogens with two attached hydrogens (primary N) is 1. The second-order valence-electron chi connectivity index (χ2n) is 4.23. The number of benzene rings is 1. The van der Waals surface area contributed by atoms with Gasteiger partial charge in [-0.25, -0.2) is 8.42 Å². The van der Waals surface area contributed by atoms with Gasteiger partial charge in [0.15, 0.2) is 9.84 Å². The molecule has 2 N–H and O–H groups in total. The van der Waals surface area contributed by atoms with Crippen LogP contribution in [0.1, 0.15) is 0 Å². The van der Waals surface area contributed by atoms with Crippen LogP contribution in [0.25, 0.3) is 0 Å². The molecule has 20 heavy (non-hydrogen) atoms. The van der Waals surface area contributed by atoms with Crippen LogP contribution < -0.4 is 11.3 Å². The van der Waals surface area contributed by atoms with Crippen LogP contribution in [0.4, 0.5) is 5.69 Å². The molecule has 7 heteroatoms. The van der Waals surface area contributed by atoms with E-state index < -0.39 is 9.84 Å². The first-order valence-electron chi connectivity index (χ1n) is 5.83. The summed E-state index contributed by atoms with van der Waals surface area (Å²) in [5, 5.41) is 0.301. The van der Waals surface area contributed by atoms with E-state index in [1.165, 1.54) is 28.8 Å². The summed E-state index contributed by atoms with van der Waals surface area (Å²) in [5.41, 5.74) is 5.57. The molecule has 0 radical (unpaired) electrons. The third-order valence-corrected chi connectivity index (χ3v) is 4.79. The van der Waals surface area contributed by atoms with E-state index >= 15 is 0 Å². The maximum Gasteiger partial charge on any atom is 0.250 e. The Hall–Kier alpha value is -1.79. The Labute approximate surface area is 121 Å². The Morgan fingerprint density at radius 1 is 1.20 bits per heavy atom. The highest BCUT2D eigenvalue weighted by Crippen LogP contribution is 2.23. The van der Waals surface area contributed by atoms with Gasteiger partial charge in [0.05, 0.1) is 16.3 Å². The first-order valence-corrected chi connectivity index (χ1v) is 7.86. The lowest BCUT2D eigenvalue weighted by Gasteiger charge is -2.09. The quantitative estimate of drug-likeness (QED) is 0.869. The number of aryl methyl sites for hydroxylation is 1. The number of sulfone groups is 1. The fourth-order valence-corrected chi connectivity index (χ4v) is 3.38. The second kappa shape index (κ2) is 5.68. The minimum Gasteiger partial charge on any atom is -0.398 e. The lowest BCUT2D eigenvalue weighted by atomic mass is 10.3. The normalized spacial score (nSPS) is 11.4. The molecule has 0 aliphatic heterocycles. The van der Waals surface area contributed by atoms with Gasteiger partial charge >= 0.3 is 0 Å². The first kappa shape index (κ1) is 14.6. The largest absolute Gasteiger partial charge is 0.398 e. The van der Waals surface area contributed by atoms with Gasteiger partial charge in [-0.2, -0.15) is 0 Å². The lowest BCUT2D eigenvalue weighted by Crippen LogP contribution is -2.23. The van der Waals surface area contributed by atoms with Crippen LogP contribution in [0.5, 0.6) is 0 Å². The summed E-state index contributed by atoms with van der Waals surface area (Å²) in [7, 11) is -3.60. The van der Waals surface area contributed by atoms with Gasteiger partial charge in [0.25, 0.3) is 5.56 Å². The molecule has 0 bridgehead atoms. The molecule has 0 saturated heterocycles. The molecular weight excluding hydrogens is 300 g/mol. The van der Waals surface area contributed by atoms with Gasteiger partial charge in [0.1, 0.15) is 0 Å². The van der Waals surface area contributed by atoms with Crippen molar-refractivity contribution in [2.24, 2.45) is 0 Å². The molecule has 0 atom stereocenters. The average Bonchev–Trinajstić information content (AvgIpc) is 2.40. The zero-order valence-corrected chi connectivity index (χ0v) is 12.1. The van der Waals surface area contributed by atoms with Crippen molar-refractivity contribution in [3.8, 4) is 0 Å². The summed E-state index contributed by atoms with van der Waals surface area (Å²) < 4.78 is 25.8. The summed E-state index contributed by atoms with van der Waals surface area (Å²) >= 11 is 5.79. The Bertz CT molecular complexity index is 784. The van der Waals surface area contributed by atoms with Gasteiger partial charge in [-0.1, -0.05) is 17.7 Å². The van der Waals surface area contributed by atoms with Crippen molar-refractivity contribution < 1.29 is 8.42 Å². The van der Waals surface area contributed by atoms with E-state index in [-0.39, 0.29) is 28.4 Å². The van der Waals surface area contributed by atoms with Gasteiger partial charge in [-0.15, -0.1) is 0 Å². The van der Waals surface area contributed by atoms with Crippen LogP contribution in [0.2, 0.25) is 5.02 Å². The first-order chi connectivity index (χ1) is 9.40. The number of nitrogens with zero attached hydrogens (tertiary/aromatic N) is 1. The predicted molar refractivity (Wildman–Crippen MR) is 78.6 cm³/mol. The van der Waals surface area contributed by atoms with Crippen molar-refractivity contribution in [3.05, 3.63) is 58.0 Å². The molecule has 0 saturated carbocycles. The van der Waals surface area contributed by atoms with Crippen LogP contribution in [0.3, 0.4) is 0 Å². The smallest absolute Gasteiger partial charge is 0.250 e. The number of halogens is 1. The minimum atomic E-state index is -3.60. The molecule has 0 fully saturated rings. The van der Waals surface area contributed by atoms with Crippen LogP contribution in [0, 0.1) is 0 Å². The summed E-state index contributed by atoms with van der Waals surface area (Å²) in [6.45, 7) is 0.0635. The summed E-state index contributed by atoms with van der Waals surface area (Å²) in [5.74, 6) is -0.221. The van der Waals surface area contributed by atoms with Crippen molar-refractivity contribution in [1.82, 2.24) is 4.57 Å². The predicted octanol–water partition coefficient (Wildman–Crippen LogP) is 1.56. The molecule has 0 spiro atoms.